The topological polar surface area (TPSA) is 57.0 Å². The highest BCUT2D eigenvalue weighted by Crippen LogP contribution is 2.35. The van der Waals surface area contributed by atoms with Crippen LogP contribution >= 0.6 is 0 Å². The van der Waals surface area contributed by atoms with Gasteiger partial charge >= 0.3 is 0 Å². The Kier molecular flexibility index (Phi) is 5.89. The van der Waals surface area contributed by atoms with Crippen LogP contribution in [0.3, 0.4) is 0 Å². The van der Waals surface area contributed by atoms with Crippen LogP contribution in [0, 0.1) is 5.21 Å². The molecule has 4 heteroatoms. The molecule has 0 aliphatic heterocycles. The Morgan fingerprint density at radius 2 is 1.68 bits per heavy atom. The van der Waals surface area contributed by atoms with Gasteiger partial charge in [-0.1, -0.05) is 56.3 Å². The molecule has 0 heterocycles. The van der Waals surface area contributed by atoms with Gasteiger partial charge < -0.3 is 10.3 Å². The number of aliphatic hydroxyl groups is 1. The summed E-state index contributed by atoms with van der Waals surface area (Å²) in [7, 11) is 0. The highest BCUT2D eigenvalue weighted by atomic mass is 16.9. The van der Waals surface area contributed by atoms with Gasteiger partial charge in [0.2, 0.25) is 0 Å². The van der Waals surface area contributed by atoms with Crippen LogP contribution in [0.2, 0.25) is 0 Å². The molecule has 4 nitrogen and oxygen atoms in total. The van der Waals surface area contributed by atoms with Crippen molar-refractivity contribution in [2.45, 2.75) is 71.1 Å². The maximum absolute atomic E-state index is 11.9. The minimum atomic E-state index is -0.655. The van der Waals surface area contributed by atoms with Crippen LogP contribution in [-0.2, 0) is 15.9 Å². The first kappa shape index (κ1) is 19.9. The lowest BCUT2D eigenvalue weighted by atomic mass is 9.75. The monoisotopic (exact) mass is 345 g/mol. The van der Waals surface area contributed by atoms with Crippen LogP contribution in [0.25, 0.3) is 0 Å². The van der Waals surface area contributed by atoms with Crippen LogP contribution in [0.1, 0.15) is 59.1 Å². The van der Waals surface area contributed by atoms with E-state index < -0.39 is 5.60 Å². The Bertz CT molecular complexity index is 642. The number of nitrogens with one attached hydrogen (secondary N) is 1. The first-order valence-corrected chi connectivity index (χ1v) is 8.95. The van der Waals surface area contributed by atoms with Crippen molar-refractivity contribution in [2.75, 3.05) is 0 Å². The number of aliphatic hydroxyl groups excluding tert-OH is 1. The average Bonchev–Trinajstić information content (AvgIpc) is 2.55. The molecule has 138 valence electrons. The molecule has 0 bridgehead atoms. The molecule has 0 saturated carbocycles. The Morgan fingerprint density at radius 1 is 1.12 bits per heavy atom. The normalized spacial score (nSPS) is 19.9. The molecule has 0 aromatic heterocycles. The van der Waals surface area contributed by atoms with Gasteiger partial charge in [-0.15, -0.1) is 0 Å². The summed E-state index contributed by atoms with van der Waals surface area (Å²) in [6, 6.07) is 8.12. The molecule has 2 N–H and O–H groups in total. The predicted octanol–water partition coefficient (Wildman–Crippen LogP) is 3.17. The quantitative estimate of drug-likeness (QED) is 0.779. The Labute approximate surface area is 151 Å². The summed E-state index contributed by atoms with van der Waals surface area (Å²) >= 11 is 0. The second kappa shape index (κ2) is 7.42. The number of hydrogen-bond acceptors (Lipinski definition) is 3. The van der Waals surface area contributed by atoms with Gasteiger partial charge in [-0.2, -0.15) is 4.84 Å². The van der Waals surface area contributed by atoms with Gasteiger partial charge in [0.15, 0.2) is 0 Å². The second-order valence-electron chi connectivity index (χ2n) is 8.11. The zero-order valence-corrected chi connectivity index (χ0v) is 16.2. The summed E-state index contributed by atoms with van der Waals surface area (Å²) < 4.78 is 0. The van der Waals surface area contributed by atoms with Crippen molar-refractivity contribution in [3.8, 4) is 0 Å². The van der Waals surface area contributed by atoms with Crippen LogP contribution < -0.4 is 5.23 Å². The smallest absolute Gasteiger partial charge is 0.147 e. The number of allylic oxidation sites excluding steroid dienone is 2. The van der Waals surface area contributed by atoms with E-state index in [0.717, 1.165) is 5.56 Å². The first-order chi connectivity index (χ1) is 11.5. The van der Waals surface area contributed by atoms with E-state index in [1.54, 1.807) is 0 Å². The van der Waals surface area contributed by atoms with E-state index in [-0.39, 0.29) is 22.8 Å². The number of hydroxylamine groups is 2. The first-order valence-electron chi connectivity index (χ1n) is 8.95. The molecule has 2 unspecified atom stereocenters. The number of quaternary nitrogens is 1. The number of benzene rings is 1. The lowest BCUT2D eigenvalue weighted by molar-refractivity contribution is -1.08. The molecule has 1 aliphatic carbocycles. The van der Waals surface area contributed by atoms with Crippen LogP contribution in [-0.4, -0.2) is 17.3 Å². The minimum absolute atomic E-state index is 0.141. The average molecular weight is 345 g/mol. The van der Waals surface area contributed by atoms with Gasteiger partial charge in [0.25, 0.3) is 0 Å². The van der Waals surface area contributed by atoms with Crippen molar-refractivity contribution in [2.24, 2.45) is 0 Å². The zero-order chi connectivity index (χ0) is 18.8. The molecule has 2 rings (SSSR count). The van der Waals surface area contributed by atoms with E-state index >= 15 is 0 Å². The van der Waals surface area contributed by atoms with Crippen molar-refractivity contribution >= 4 is 0 Å². The van der Waals surface area contributed by atoms with E-state index in [1.807, 2.05) is 52.0 Å². The van der Waals surface area contributed by atoms with Gasteiger partial charge in [-0.05, 0) is 50.8 Å². The fourth-order valence-corrected chi connectivity index (χ4v) is 2.96. The van der Waals surface area contributed by atoms with E-state index in [0.29, 0.717) is 6.42 Å². The van der Waals surface area contributed by atoms with Crippen molar-refractivity contribution in [3.63, 3.8) is 0 Å². The van der Waals surface area contributed by atoms with Gasteiger partial charge in [0, 0.05) is 5.41 Å². The Balaban J connectivity index is 2.20. The van der Waals surface area contributed by atoms with Crippen LogP contribution in [0.4, 0.5) is 0 Å². The van der Waals surface area contributed by atoms with E-state index in [2.05, 4.69) is 32.1 Å². The molecule has 0 fully saturated rings. The van der Waals surface area contributed by atoms with Gasteiger partial charge in [0.1, 0.15) is 11.6 Å². The molecule has 2 atom stereocenters. The highest BCUT2D eigenvalue weighted by molar-refractivity contribution is 5.43. The fourth-order valence-electron chi connectivity index (χ4n) is 2.96. The zero-order valence-electron chi connectivity index (χ0n) is 16.2. The molecule has 1 aromatic rings. The second-order valence-corrected chi connectivity index (χ2v) is 8.11. The third kappa shape index (κ3) is 4.59. The largest absolute Gasteiger partial charge is 0.600 e. The van der Waals surface area contributed by atoms with Crippen molar-refractivity contribution < 1.29 is 15.2 Å². The van der Waals surface area contributed by atoms with Crippen molar-refractivity contribution in [3.05, 3.63) is 64.4 Å². The number of hydrogen-bond donors (Lipinski definition) is 2. The molecule has 0 amide bonds. The van der Waals surface area contributed by atoms with Crippen molar-refractivity contribution in [1.29, 1.82) is 0 Å². The lowest BCUT2D eigenvalue weighted by Gasteiger charge is -2.34. The summed E-state index contributed by atoms with van der Waals surface area (Å²) in [6.07, 6.45) is 6.24. The lowest BCUT2D eigenvalue weighted by Crippen LogP contribution is -3.10. The van der Waals surface area contributed by atoms with E-state index in [9.17, 15) is 10.3 Å². The Hall–Kier alpha value is -1.46. The van der Waals surface area contributed by atoms with Gasteiger partial charge in [-0.3, -0.25) is 0 Å². The molecule has 25 heavy (non-hydrogen) atoms. The third-order valence-corrected chi connectivity index (χ3v) is 4.93. The predicted molar refractivity (Wildman–Crippen MR) is 101 cm³/mol. The summed E-state index contributed by atoms with van der Waals surface area (Å²) in [5.74, 6) is 0. The third-order valence-electron chi connectivity index (χ3n) is 4.93. The van der Waals surface area contributed by atoms with E-state index in [4.69, 9.17) is 4.84 Å². The molecule has 0 spiro atoms. The van der Waals surface area contributed by atoms with Gasteiger partial charge in [0.05, 0.1) is 6.10 Å². The summed E-state index contributed by atoms with van der Waals surface area (Å²) in [5, 5.41) is 21.4. The molecular weight excluding hydrogens is 314 g/mol. The van der Waals surface area contributed by atoms with Crippen LogP contribution in [0.5, 0.6) is 0 Å². The van der Waals surface area contributed by atoms with E-state index in [1.165, 1.54) is 11.1 Å². The molecule has 1 aliphatic rings. The summed E-state index contributed by atoms with van der Waals surface area (Å²) in [6.45, 7) is 11.9. The summed E-state index contributed by atoms with van der Waals surface area (Å²) in [5.41, 5.74) is 2.57. The number of rotatable bonds is 6. The standard InChI is InChI=1S/C21H31NO3/c1-15(2)22(24)25-21(5,6)18-9-7-16(8-10-18)20(3,4)17-11-13-19(23)14-12-17/h7-13,15,19,22-23H,14H2,1-6H3. The van der Waals surface area contributed by atoms with Crippen molar-refractivity contribution in [1.82, 2.24) is 0 Å². The maximum Gasteiger partial charge on any atom is 0.147 e. The molecular formula is C21H31NO3. The molecule has 0 saturated heterocycles. The highest BCUT2D eigenvalue weighted by Gasteiger charge is 2.29. The Morgan fingerprint density at radius 3 is 2.16 bits per heavy atom. The fraction of sp³-hybridized carbons (Fsp3) is 0.524. The van der Waals surface area contributed by atoms with Gasteiger partial charge in [-0.25, -0.2) is 5.23 Å². The molecule has 1 aromatic carbocycles. The SMILES string of the molecule is CC(C)[NH+]([O-])OC(C)(C)c1ccc(C(C)(C)C2=CCC(O)C=C2)cc1. The summed E-state index contributed by atoms with van der Waals surface area (Å²) in [4.78, 5) is 5.65. The molecule has 0 radical (unpaired) electrons. The van der Waals surface area contributed by atoms with Crippen LogP contribution in [0.15, 0.2) is 48.1 Å². The maximum atomic E-state index is 11.9. The minimum Gasteiger partial charge on any atom is -0.600 e.